The van der Waals surface area contributed by atoms with Crippen LogP contribution in [0.15, 0.2) is 72.9 Å². The molecule has 0 aliphatic carbocycles. The van der Waals surface area contributed by atoms with E-state index in [1.54, 1.807) is 0 Å². The second kappa shape index (κ2) is 53.5. The van der Waals surface area contributed by atoms with Crippen LogP contribution in [0.1, 0.15) is 265 Å². The molecule has 374 valence electrons. The molecule has 65 heavy (non-hydrogen) atoms. The largest absolute Gasteiger partial charge is 0.462 e. The van der Waals surface area contributed by atoms with Crippen molar-refractivity contribution in [2.24, 2.45) is 0 Å². The summed E-state index contributed by atoms with van der Waals surface area (Å²) in [4.78, 5) is 38.1. The Morgan fingerprint density at radius 2 is 0.600 bits per heavy atom. The predicted molar refractivity (Wildman–Crippen MR) is 279 cm³/mol. The lowest BCUT2D eigenvalue weighted by atomic mass is 10.1. The van der Waals surface area contributed by atoms with Gasteiger partial charge in [-0.2, -0.15) is 0 Å². The quantitative estimate of drug-likeness (QED) is 0.0262. The molecular formula is C59H102O6. The van der Waals surface area contributed by atoms with Crippen LogP contribution in [0.4, 0.5) is 0 Å². The third-order valence-electron chi connectivity index (χ3n) is 11.7. The standard InChI is InChI=1S/C59H102O6/c1-4-7-10-13-16-19-22-25-28-29-32-34-37-40-43-46-49-52-58(61)64-55-56(65-59(62)53-50-47-44-41-38-35-31-27-24-21-18-15-12-9-6-3)54-63-57(60)51-48-45-42-39-36-33-30-26-23-20-17-14-11-8-5-2/h9,12,16,18-19,21,25-28,30-31,56H,4-8,10-11,13-15,17,20,22-24,29,32-55H2,1-3H3/b12-9-,19-16-,21-18-,28-25-,30-26-,31-27-/t56-/m1/s1. The highest BCUT2D eigenvalue weighted by Crippen LogP contribution is 2.14. The van der Waals surface area contributed by atoms with Crippen molar-refractivity contribution >= 4 is 17.9 Å². The highest BCUT2D eigenvalue weighted by atomic mass is 16.6. The molecule has 0 aromatic carbocycles. The average Bonchev–Trinajstić information content (AvgIpc) is 3.30. The molecular weight excluding hydrogens is 805 g/mol. The lowest BCUT2D eigenvalue weighted by Gasteiger charge is -2.18. The van der Waals surface area contributed by atoms with E-state index in [2.05, 4.69) is 93.7 Å². The van der Waals surface area contributed by atoms with Gasteiger partial charge in [-0.3, -0.25) is 14.4 Å². The van der Waals surface area contributed by atoms with Crippen LogP contribution in [0.5, 0.6) is 0 Å². The Balaban J connectivity index is 4.43. The van der Waals surface area contributed by atoms with Gasteiger partial charge in [-0.05, 0) is 109 Å². The molecule has 0 radical (unpaired) electrons. The number of carbonyl (C=O) groups excluding carboxylic acids is 3. The summed E-state index contributed by atoms with van der Waals surface area (Å²) in [5.74, 6) is -0.917. The maximum Gasteiger partial charge on any atom is 0.306 e. The highest BCUT2D eigenvalue weighted by molar-refractivity contribution is 5.71. The molecule has 0 spiro atoms. The lowest BCUT2D eigenvalue weighted by molar-refractivity contribution is -0.167. The Bertz CT molecular complexity index is 1230. The van der Waals surface area contributed by atoms with E-state index in [1.807, 2.05) is 0 Å². The van der Waals surface area contributed by atoms with Gasteiger partial charge < -0.3 is 14.2 Å². The number of hydrogen-bond acceptors (Lipinski definition) is 6. The summed E-state index contributed by atoms with van der Waals surface area (Å²) in [6.07, 6.45) is 67.4. The minimum absolute atomic E-state index is 0.0891. The van der Waals surface area contributed by atoms with Crippen LogP contribution in [-0.4, -0.2) is 37.2 Å². The minimum Gasteiger partial charge on any atom is -0.462 e. The van der Waals surface area contributed by atoms with Crippen LogP contribution in [0.3, 0.4) is 0 Å². The molecule has 0 fully saturated rings. The Kier molecular flexibility index (Phi) is 50.9. The Hall–Kier alpha value is -3.15. The molecule has 6 nitrogen and oxygen atoms in total. The third kappa shape index (κ3) is 51.7. The van der Waals surface area contributed by atoms with E-state index >= 15 is 0 Å². The lowest BCUT2D eigenvalue weighted by Crippen LogP contribution is -2.30. The molecule has 0 saturated carbocycles. The number of esters is 3. The maximum atomic E-state index is 12.8. The van der Waals surface area contributed by atoms with Crippen LogP contribution < -0.4 is 0 Å². The summed E-state index contributed by atoms with van der Waals surface area (Å²) >= 11 is 0. The fraction of sp³-hybridized carbons (Fsp3) is 0.746. The predicted octanol–water partition coefficient (Wildman–Crippen LogP) is 18.2. The van der Waals surface area contributed by atoms with Gasteiger partial charge in [-0.25, -0.2) is 0 Å². The van der Waals surface area contributed by atoms with Gasteiger partial charge in [-0.15, -0.1) is 0 Å². The molecule has 0 amide bonds. The summed E-state index contributed by atoms with van der Waals surface area (Å²) in [7, 11) is 0. The second-order valence-corrected chi connectivity index (χ2v) is 18.1. The maximum absolute atomic E-state index is 12.8. The molecule has 0 aliphatic rings. The first-order valence-electron chi connectivity index (χ1n) is 27.4. The topological polar surface area (TPSA) is 78.9 Å². The first kappa shape index (κ1) is 61.9. The van der Waals surface area contributed by atoms with E-state index in [0.717, 1.165) is 116 Å². The van der Waals surface area contributed by atoms with Gasteiger partial charge in [0.15, 0.2) is 6.10 Å². The molecule has 0 bridgehead atoms. The van der Waals surface area contributed by atoms with Crippen molar-refractivity contribution in [2.45, 2.75) is 271 Å². The zero-order valence-corrected chi connectivity index (χ0v) is 42.7. The van der Waals surface area contributed by atoms with Gasteiger partial charge in [0.1, 0.15) is 13.2 Å². The van der Waals surface area contributed by atoms with Gasteiger partial charge in [0.05, 0.1) is 0 Å². The summed E-state index contributed by atoms with van der Waals surface area (Å²) in [6.45, 7) is 6.48. The van der Waals surface area contributed by atoms with Gasteiger partial charge in [0.2, 0.25) is 0 Å². The number of unbranched alkanes of at least 4 members (excludes halogenated alkanes) is 26. The number of rotatable bonds is 49. The monoisotopic (exact) mass is 907 g/mol. The third-order valence-corrected chi connectivity index (χ3v) is 11.7. The van der Waals surface area contributed by atoms with Crippen LogP contribution in [0.2, 0.25) is 0 Å². The highest BCUT2D eigenvalue weighted by Gasteiger charge is 2.19. The van der Waals surface area contributed by atoms with E-state index in [0.29, 0.717) is 19.3 Å². The first-order valence-corrected chi connectivity index (χ1v) is 27.4. The molecule has 0 aromatic heterocycles. The van der Waals surface area contributed by atoms with Crippen LogP contribution in [0.25, 0.3) is 0 Å². The van der Waals surface area contributed by atoms with Crippen molar-refractivity contribution in [2.75, 3.05) is 13.2 Å². The van der Waals surface area contributed by atoms with Crippen LogP contribution in [0, 0.1) is 0 Å². The first-order chi connectivity index (χ1) is 32.0. The zero-order valence-electron chi connectivity index (χ0n) is 42.7. The zero-order chi connectivity index (χ0) is 47.2. The molecule has 6 heteroatoms. The number of allylic oxidation sites excluding steroid dienone is 12. The molecule has 0 saturated heterocycles. The molecule has 0 rings (SSSR count). The van der Waals surface area contributed by atoms with Crippen LogP contribution in [-0.2, 0) is 28.6 Å². The Labute approximate surface area is 402 Å². The molecule has 0 N–H and O–H groups in total. The van der Waals surface area contributed by atoms with Gasteiger partial charge in [0.25, 0.3) is 0 Å². The minimum atomic E-state index is -0.791. The summed E-state index contributed by atoms with van der Waals surface area (Å²) in [5.41, 5.74) is 0. The van der Waals surface area contributed by atoms with E-state index in [1.165, 1.54) is 109 Å². The summed E-state index contributed by atoms with van der Waals surface area (Å²) in [6, 6.07) is 0. The molecule has 1 atom stereocenters. The van der Waals surface area contributed by atoms with Gasteiger partial charge in [-0.1, -0.05) is 209 Å². The van der Waals surface area contributed by atoms with Crippen molar-refractivity contribution in [3.8, 4) is 0 Å². The van der Waals surface area contributed by atoms with Crippen molar-refractivity contribution in [3.63, 3.8) is 0 Å². The van der Waals surface area contributed by atoms with Crippen molar-refractivity contribution in [1.29, 1.82) is 0 Å². The SMILES string of the molecule is CC/C=C\C/C=C\C/C=C\CCCCCCCC(=O)O[C@H](COC(=O)CCCCCCC/C=C\CCCCCCCC)COC(=O)CCCCCCCCC/C=C\C/C=C\CCCCC. The van der Waals surface area contributed by atoms with E-state index in [9.17, 15) is 14.4 Å². The van der Waals surface area contributed by atoms with Crippen LogP contribution >= 0.6 is 0 Å². The molecule has 0 aliphatic heterocycles. The van der Waals surface area contributed by atoms with Crippen molar-refractivity contribution in [1.82, 2.24) is 0 Å². The molecule has 0 aromatic rings. The fourth-order valence-corrected chi connectivity index (χ4v) is 7.54. The molecule has 0 unspecified atom stereocenters. The number of ether oxygens (including phenoxy) is 3. The normalized spacial score (nSPS) is 12.6. The van der Waals surface area contributed by atoms with Gasteiger partial charge in [0, 0.05) is 19.3 Å². The average molecular weight is 907 g/mol. The van der Waals surface area contributed by atoms with Crippen molar-refractivity contribution < 1.29 is 28.6 Å². The smallest absolute Gasteiger partial charge is 0.306 e. The van der Waals surface area contributed by atoms with E-state index < -0.39 is 6.10 Å². The van der Waals surface area contributed by atoms with Crippen molar-refractivity contribution in [3.05, 3.63) is 72.9 Å². The summed E-state index contributed by atoms with van der Waals surface area (Å²) < 4.78 is 16.8. The molecule has 0 heterocycles. The Morgan fingerprint density at radius 3 is 0.985 bits per heavy atom. The number of hydrogen-bond donors (Lipinski definition) is 0. The van der Waals surface area contributed by atoms with E-state index in [-0.39, 0.29) is 31.1 Å². The second-order valence-electron chi connectivity index (χ2n) is 18.1. The fourth-order valence-electron chi connectivity index (χ4n) is 7.54. The van der Waals surface area contributed by atoms with E-state index in [4.69, 9.17) is 14.2 Å². The summed E-state index contributed by atoms with van der Waals surface area (Å²) in [5, 5.41) is 0. The van der Waals surface area contributed by atoms with Gasteiger partial charge >= 0.3 is 17.9 Å². The Morgan fingerprint density at radius 1 is 0.323 bits per heavy atom. The number of carbonyl (C=O) groups is 3.